The first-order valence-corrected chi connectivity index (χ1v) is 15.6. The fraction of sp³-hybridized carbons (Fsp3) is 0.419. The normalized spacial score (nSPS) is 17.1. The van der Waals surface area contributed by atoms with Gasteiger partial charge < -0.3 is 10.2 Å². The van der Waals surface area contributed by atoms with Gasteiger partial charge in [0.25, 0.3) is 10.0 Å². The van der Waals surface area contributed by atoms with E-state index in [1.165, 1.54) is 22.9 Å². The Hall–Kier alpha value is -3.46. The Morgan fingerprint density at radius 3 is 2.42 bits per heavy atom. The third-order valence-corrected chi connectivity index (χ3v) is 9.89. The summed E-state index contributed by atoms with van der Waals surface area (Å²) < 4.78 is 41.6. The number of halogens is 1. The third-order valence-electron chi connectivity index (χ3n) is 8.04. The Morgan fingerprint density at radius 2 is 1.73 bits per heavy atom. The summed E-state index contributed by atoms with van der Waals surface area (Å²) >= 11 is 0. The molecular weight excluding hydrogens is 529 g/mol. The first kappa shape index (κ1) is 28.1. The van der Waals surface area contributed by atoms with Gasteiger partial charge in [0.1, 0.15) is 11.9 Å². The summed E-state index contributed by atoms with van der Waals surface area (Å²) in [6.45, 7) is 2.20. The number of amides is 2. The van der Waals surface area contributed by atoms with Gasteiger partial charge in [0.2, 0.25) is 11.8 Å². The Bertz CT molecular complexity index is 1480. The van der Waals surface area contributed by atoms with E-state index in [0.29, 0.717) is 23.9 Å². The van der Waals surface area contributed by atoms with Crippen molar-refractivity contribution < 1.29 is 22.4 Å². The number of hydrogen-bond acceptors (Lipinski definition) is 4. The van der Waals surface area contributed by atoms with Gasteiger partial charge in [0.05, 0.1) is 10.6 Å². The largest absolute Gasteiger partial charge is 0.352 e. The van der Waals surface area contributed by atoms with E-state index in [9.17, 15) is 22.4 Å². The van der Waals surface area contributed by atoms with Crippen molar-refractivity contribution in [3.05, 3.63) is 72.0 Å². The molecule has 1 fully saturated rings. The molecule has 9 heteroatoms. The topological polar surface area (TPSA) is 86.8 Å². The second kappa shape index (κ2) is 12.0. The second-order valence-corrected chi connectivity index (χ2v) is 12.6. The lowest BCUT2D eigenvalue weighted by molar-refractivity contribution is -0.141. The van der Waals surface area contributed by atoms with E-state index in [4.69, 9.17) is 0 Å². The summed E-state index contributed by atoms with van der Waals surface area (Å²) in [6, 6.07) is 16.1. The van der Waals surface area contributed by atoms with Gasteiger partial charge in [0, 0.05) is 30.9 Å². The standard InChI is InChI=1S/C31H36FN3O4S/c1-2-26(31(37)33-25-11-4-3-5-12-25)34(21-22-16-18-24(32)19-17-22)29(36)15-8-20-35-27-13-6-9-23-10-7-14-28(30(23)27)40(35,38)39/h6-7,9-10,13-14,16-19,25-26H,2-5,8,11-12,15,20-21H2,1H3,(H,33,37)/t26-/m1/s1. The average Bonchev–Trinajstić information content (AvgIpc) is 3.17. The molecule has 0 spiro atoms. The molecule has 3 aromatic carbocycles. The highest BCUT2D eigenvalue weighted by molar-refractivity contribution is 7.93. The zero-order valence-corrected chi connectivity index (χ0v) is 23.6. The van der Waals surface area contributed by atoms with Crippen molar-refractivity contribution in [1.82, 2.24) is 10.2 Å². The maximum atomic E-state index is 13.7. The molecule has 1 aliphatic carbocycles. The maximum Gasteiger partial charge on any atom is 0.265 e. The Morgan fingerprint density at radius 1 is 1.02 bits per heavy atom. The van der Waals surface area contributed by atoms with Crippen molar-refractivity contribution in [2.75, 3.05) is 10.8 Å². The van der Waals surface area contributed by atoms with E-state index in [1.54, 1.807) is 35.2 Å². The van der Waals surface area contributed by atoms with Gasteiger partial charge in [-0.2, -0.15) is 0 Å². The van der Waals surface area contributed by atoms with Crippen molar-refractivity contribution in [2.24, 2.45) is 0 Å². The highest BCUT2D eigenvalue weighted by atomic mass is 32.2. The van der Waals surface area contributed by atoms with Gasteiger partial charge >= 0.3 is 0 Å². The van der Waals surface area contributed by atoms with Crippen LogP contribution < -0.4 is 9.62 Å². The van der Waals surface area contributed by atoms with E-state index in [-0.39, 0.29) is 48.1 Å². The van der Waals surface area contributed by atoms with Crippen LogP contribution in [0.3, 0.4) is 0 Å². The molecule has 0 radical (unpaired) electrons. The number of sulfonamides is 1. The minimum atomic E-state index is -3.71. The summed E-state index contributed by atoms with van der Waals surface area (Å²) in [5.74, 6) is -0.775. The van der Waals surface area contributed by atoms with Gasteiger partial charge in [-0.15, -0.1) is 0 Å². The van der Waals surface area contributed by atoms with Gasteiger partial charge in [-0.3, -0.25) is 13.9 Å². The number of anilines is 1. The smallest absolute Gasteiger partial charge is 0.265 e. The van der Waals surface area contributed by atoms with Gasteiger partial charge in [-0.25, -0.2) is 12.8 Å². The minimum Gasteiger partial charge on any atom is -0.352 e. The number of carbonyl (C=O) groups is 2. The molecule has 212 valence electrons. The summed E-state index contributed by atoms with van der Waals surface area (Å²) in [5.41, 5.74) is 1.35. The molecule has 2 aliphatic rings. The SMILES string of the molecule is CC[C@H](C(=O)NC1CCCCC1)N(Cc1ccc(F)cc1)C(=O)CCCN1c2cccc3cccc(c23)S1(=O)=O. The number of hydrogen-bond donors (Lipinski definition) is 1. The quantitative estimate of drug-likeness (QED) is 0.351. The highest BCUT2D eigenvalue weighted by Gasteiger charge is 2.36. The lowest BCUT2D eigenvalue weighted by atomic mass is 9.95. The van der Waals surface area contributed by atoms with Crippen LogP contribution in [0.4, 0.5) is 10.1 Å². The number of carbonyl (C=O) groups excluding carboxylic acids is 2. The Kier molecular flexibility index (Phi) is 8.40. The van der Waals surface area contributed by atoms with Gasteiger partial charge in [-0.1, -0.05) is 62.6 Å². The van der Waals surface area contributed by atoms with Crippen molar-refractivity contribution in [2.45, 2.75) is 81.8 Å². The summed E-state index contributed by atoms with van der Waals surface area (Å²) in [4.78, 5) is 28.9. The van der Waals surface area contributed by atoms with E-state index in [2.05, 4.69) is 5.32 Å². The maximum absolute atomic E-state index is 13.7. The van der Waals surface area contributed by atoms with Gasteiger partial charge in [-0.05, 0) is 60.9 Å². The van der Waals surface area contributed by atoms with E-state index < -0.39 is 16.1 Å². The third kappa shape index (κ3) is 5.70. The lowest BCUT2D eigenvalue weighted by Crippen LogP contribution is -2.51. The van der Waals surface area contributed by atoms with Crippen LogP contribution in [0.5, 0.6) is 0 Å². The molecule has 2 amide bonds. The van der Waals surface area contributed by atoms with Crippen LogP contribution in [0.1, 0.15) is 63.9 Å². The Balaban J connectivity index is 1.31. The van der Waals surface area contributed by atoms with E-state index in [1.807, 2.05) is 25.1 Å². The molecule has 1 aliphatic heterocycles. The van der Waals surface area contributed by atoms with Crippen LogP contribution in [0.25, 0.3) is 10.8 Å². The van der Waals surface area contributed by atoms with E-state index >= 15 is 0 Å². The first-order valence-electron chi connectivity index (χ1n) is 14.2. The van der Waals surface area contributed by atoms with Crippen LogP contribution in [0, 0.1) is 5.82 Å². The molecule has 5 rings (SSSR count). The summed E-state index contributed by atoms with van der Waals surface area (Å²) in [5, 5.41) is 4.72. The molecule has 1 N–H and O–H groups in total. The number of benzene rings is 3. The number of nitrogens with zero attached hydrogens (tertiary/aromatic N) is 2. The molecule has 0 saturated heterocycles. The molecule has 0 aromatic heterocycles. The van der Waals surface area contributed by atoms with Crippen LogP contribution in [0.2, 0.25) is 0 Å². The average molecular weight is 566 g/mol. The van der Waals surface area contributed by atoms with Crippen molar-refractivity contribution >= 4 is 38.3 Å². The van der Waals surface area contributed by atoms with Crippen molar-refractivity contribution in [3.8, 4) is 0 Å². The van der Waals surface area contributed by atoms with Crippen LogP contribution in [0.15, 0.2) is 65.6 Å². The molecule has 3 aromatic rings. The van der Waals surface area contributed by atoms with Crippen LogP contribution in [-0.2, 0) is 26.2 Å². The highest BCUT2D eigenvalue weighted by Crippen LogP contribution is 2.42. The number of nitrogens with one attached hydrogen (secondary N) is 1. The molecule has 1 saturated carbocycles. The predicted molar refractivity (Wildman–Crippen MR) is 154 cm³/mol. The molecule has 1 heterocycles. The number of rotatable bonds is 10. The predicted octanol–water partition coefficient (Wildman–Crippen LogP) is 5.52. The van der Waals surface area contributed by atoms with Gasteiger partial charge in [0.15, 0.2) is 0 Å². The van der Waals surface area contributed by atoms with Crippen molar-refractivity contribution in [1.29, 1.82) is 0 Å². The van der Waals surface area contributed by atoms with Crippen LogP contribution >= 0.6 is 0 Å². The van der Waals surface area contributed by atoms with Crippen molar-refractivity contribution in [3.63, 3.8) is 0 Å². The monoisotopic (exact) mass is 565 g/mol. The zero-order valence-electron chi connectivity index (χ0n) is 22.8. The fourth-order valence-corrected chi connectivity index (χ4v) is 7.72. The Labute approximate surface area is 235 Å². The molecule has 7 nitrogen and oxygen atoms in total. The molecular formula is C31H36FN3O4S. The molecule has 0 bridgehead atoms. The van der Waals surface area contributed by atoms with Crippen LogP contribution in [-0.4, -0.2) is 43.8 Å². The molecule has 1 atom stereocenters. The van der Waals surface area contributed by atoms with E-state index in [0.717, 1.165) is 36.6 Å². The molecule has 40 heavy (non-hydrogen) atoms. The second-order valence-electron chi connectivity index (χ2n) is 10.7. The first-order chi connectivity index (χ1) is 19.3. The summed E-state index contributed by atoms with van der Waals surface area (Å²) in [7, 11) is -3.71. The summed E-state index contributed by atoms with van der Waals surface area (Å²) in [6.07, 6.45) is 6.01. The minimum absolute atomic E-state index is 0.0761. The molecule has 0 unspecified atom stereocenters. The zero-order chi connectivity index (χ0) is 28.3. The lowest BCUT2D eigenvalue weighted by Gasteiger charge is -2.33. The fourth-order valence-electron chi connectivity index (χ4n) is 5.97.